The zero-order valence-corrected chi connectivity index (χ0v) is 13.9. The summed E-state index contributed by atoms with van der Waals surface area (Å²) < 4.78 is 14.0. The molecule has 2 aromatic rings. The molecule has 0 atom stereocenters. The first-order valence-electron chi connectivity index (χ1n) is 7.17. The number of amides is 1. The number of halogens is 1. The minimum atomic E-state index is -0.324. The Balaban J connectivity index is 1.70. The second-order valence-electron chi connectivity index (χ2n) is 4.90. The number of carbonyl (C=O) groups is 1. The van der Waals surface area contributed by atoms with Gasteiger partial charge in [-0.25, -0.2) is 4.39 Å². The normalized spacial score (nSPS) is 13.7. The SMILES string of the molecule is O=C(Nc1ccc(F)cc1)c1ccccc1CSC1=NCCS1. The highest BCUT2D eigenvalue weighted by Gasteiger charge is 2.13. The second-order valence-corrected chi connectivity index (χ2v) is 7.21. The van der Waals surface area contributed by atoms with E-state index in [1.807, 2.05) is 18.2 Å². The highest BCUT2D eigenvalue weighted by molar-refractivity contribution is 8.38. The van der Waals surface area contributed by atoms with Crippen LogP contribution in [0.25, 0.3) is 0 Å². The van der Waals surface area contributed by atoms with E-state index in [0.29, 0.717) is 17.0 Å². The number of thioether (sulfide) groups is 2. The van der Waals surface area contributed by atoms with Crippen molar-refractivity contribution in [2.24, 2.45) is 4.99 Å². The van der Waals surface area contributed by atoms with Gasteiger partial charge < -0.3 is 5.32 Å². The predicted octanol–water partition coefficient (Wildman–Crippen LogP) is 4.41. The van der Waals surface area contributed by atoms with Crippen LogP contribution in [0.15, 0.2) is 53.5 Å². The Kier molecular flexibility index (Phi) is 5.35. The quantitative estimate of drug-likeness (QED) is 0.891. The van der Waals surface area contributed by atoms with Crippen molar-refractivity contribution in [3.05, 3.63) is 65.5 Å². The Hall–Kier alpha value is -1.79. The van der Waals surface area contributed by atoms with Gasteiger partial charge in [-0.3, -0.25) is 9.79 Å². The van der Waals surface area contributed by atoms with Crippen molar-refractivity contribution in [2.45, 2.75) is 5.75 Å². The summed E-state index contributed by atoms with van der Waals surface area (Å²) in [5.74, 6) is 1.23. The van der Waals surface area contributed by atoms with Crippen molar-refractivity contribution in [2.75, 3.05) is 17.6 Å². The molecular formula is C17H15FN2OS2. The van der Waals surface area contributed by atoms with Crippen LogP contribution in [0, 0.1) is 5.82 Å². The molecule has 3 nitrogen and oxygen atoms in total. The standard InChI is InChI=1S/C17H15FN2OS2/c18-13-5-7-14(8-6-13)20-16(21)15-4-2-1-3-12(15)11-23-17-19-9-10-22-17/h1-8H,9-11H2,(H,20,21). The molecule has 0 radical (unpaired) electrons. The fourth-order valence-corrected chi connectivity index (χ4v) is 4.15. The predicted molar refractivity (Wildman–Crippen MR) is 96.9 cm³/mol. The first-order chi connectivity index (χ1) is 11.2. The molecule has 1 amide bonds. The summed E-state index contributed by atoms with van der Waals surface area (Å²) in [6, 6.07) is 13.3. The van der Waals surface area contributed by atoms with E-state index in [4.69, 9.17) is 0 Å². The average Bonchev–Trinajstić information content (AvgIpc) is 3.09. The van der Waals surface area contributed by atoms with Gasteiger partial charge in [0, 0.05) is 22.8 Å². The molecule has 1 heterocycles. The lowest BCUT2D eigenvalue weighted by Gasteiger charge is -2.10. The third-order valence-electron chi connectivity index (χ3n) is 3.27. The molecule has 0 saturated carbocycles. The number of aliphatic imine (C=N–C) groups is 1. The Morgan fingerprint density at radius 2 is 2.00 bits per heavy atom. The Morgan fingerprint density at radius 3 is 2.74 bits per heavy atom. The van der Waals surface area contributed by atoms with E-state index in [1.54, 1.807) is 41.7 Å². The molecule has 3 rings (SSSR count). The van der Waals surface area contributed by atoms with Crippen LogP contribution in [0.1, 0.15) is 15.9 Å². The van der Waals surface area contributed by atoms with Gasteiger partial charge in [-0.2, -0.15) is 0 Å². The first-order valence-corrected chi connectivity index (χ1v) is 9.14. The van der Waals surface area contributed by atoms with Gasteiger partial charge in [-0.15, -0.1) is 0 Å². The fourth-order valence-electron chi connectivity index (χ4n) is 2.14. The average molecular weight is 346 g/mol. The number of carbonyl (C=O) groups excluding carboxylic acids is 1. The largest absolute Gasteiger partial charge is 0.322 e. The zero-order chi connectivity index (χ0) is 16.1. The molecule has 0 saturated heterocycles. The molecule has 1 aliphatic heterocycles. The van der Waals surface area contributed by atoms with Gasteiger partial charge in [0.25, 0.3) is 5.91 Å². The lowest BCUT2D eigenvalue weighted by Crippen LogP contribution is -2.14. The van der Waals surface area contributed by atoms with E-state index in [0.717, 1.165) is 22.2 Å². The number of benzene rings is 2. The molecular weight excluding hydrogens is 331 g/mol. The van der Waals surface area contributed by atoms with E-state index >= 15 is 0 Å². The molecule has 1 N–H and O–H groups in total. The van der Waals surface area contributed by atoms with Crippen LogP contribution in [-0.2, 0) is 5.75 Å². The summed E-state index contributed by atoms with van der Waals surface area (Å²) >= 11 is 3.42. The third kappa shape index (κ3) is 4.36. The molecule has 0 bridgehead atoms. The van der Waals surface area contributed by atoms with Crippen molar-refractivity contribution in [1.29, 1.82) is 0 Å². The number of hydrogen-bond donors (Lipinski definition) is 1. The second kappa shape index (κ2) is 7.66. The van der Waals surface area contributed by atoms with E-state index in [-0.39, 0.29) is 11.7 Å². The molecule has 0 unspecified atom stereocenters. The molecule has 6 heteroatoms. The Labute approximate surface area is 142 Å². The van der Waals surface area contributed by atoms with Gasteiger partial charge in [0.1, 0.15) is 10.2 Å². The number of anilines is 1. The highest BCUT2D eigenvalue weighted by Crippen LogP contribution is 2.26. The van der Waals surface area contributed by atoms with Crippen LogP contribution in [0.5, 0.6) is 0 Å². The summed E-state index contributed by atoms with van der Waals surface area (Å²) in [6.45, 7) is 0.875. The molecule has 2 aromatic carbocycles. The molecule has 1 aliphatic rings. The fraction of sp³-hybridized carbons (Fsp3) is 0.176. The topological polar surface area (TPSA) is 41.5 Å². The van der Waals surface area contributed by atoms with Crippen LogP contribution >= 0.6 is 23.5 Å². The Bertz CT molecular complexity index is 732. The van der Waals surface area contributed by atoms with Crippen LogP contribution < -0.4 is 5.32 Å². The summed E-state index contributed by atoms with van der Waals surface area (Å²) in [6.07, 6.45) is 0. The minimum Gasteiger partial charge on any atom is -0.322 e. The van der Waals surface area contributed by atoms with Crippen molar-refractivity contribution in [3.63, 3.8) is 0 Å². The Morgan fingerprint density at radius 1 is 1.22 bits per heavy atom. The highest BCUT2D eigenvalue weighted by atomic mass is 32.2. The van der Waals surface area contributed by atoms with Crippen molar-refractivity contribution in [3.8, 4) is 0 Å². The zero-order valence-electron chi connectivity index (χ0n) is 12.3. The maximum atomic E-state index is 12.9. The third-order valence-corrected chi connectivity index (χ3v) is 5.57. The molecule has 23 heavy (non-hydrogen) atoms. The van der Waals surface area contributed by atoms with E-state index in [2.05, 4.69) is 10.3 Å². The lowest BCUT2D eigenvalue weighted by molar-refractivity contribution is 0.102. The smallest absolute Gasteiger partial charge is 0.255 e. The monoisotopic (exact) mass is 346 g/mol. The number of nitrogens with one attached hydrogen (secondary N) is 1. The maximum absolute atomic E-state index is 12.9. The molecule has 0 spiro atoms. The van der Waals surface area contributed by atoms with Crippen LogP contribution in [0.2, 0.25) is 0 Å². The van der Waals surface area contributed by atoms with E-state index in [9.17, 15) is 9.18 Å². The van der Waals surface area contributed by atoms with Gasteiger partial charge in [-0.05, 0) is 35.9 Å². The molecule has 0 aliphatic carbocycles. The number of hydrogen-bond acceptors (Lipinski definition) is 4. The minimum absolute atomic E-state index is 0.186. The van der Waals surface area contributed by atoms with Crippen LogP contribution in [-0.4, -0.2) is 22.6 Å². The van der Waals surface area contributed by atoms with E-state index < -0.39 is 0 Å². The summed E-state index contributed by atoms with van der Waals surface area (Å²) in [5.41, 5.74) is 2.18. The van der Waals surface area contributed by atoms with Gasteiger partial charge in [-0.1, -0.05) is 41.7 Å². The maximum Gasteiger partial charge on any atom is 0.255 e. The summed E-state index contributed by atoms with van der Waals surface area (Å²) in [5, 5.41) is 2.80. The summed E-state index contributed by atoms with van der Waals surface area (Å²) in [4.78, 5) is 16.9. The number of rotatable bonds is 4. The van der Waals surface area contributed by atoms with Crippen LogP contribution in [0.3, 0.4) is 0 Å². The van der Waals surface area contributed by atoms with Gasteiger partial charge in [0.2, 0.25) is 0 Å². The molecule has 0 aromatic heterocycles. The van der Waals surface area contributed by atoms with E-state index in [1.165, 1.54) is 12.1 Å². The van der Waals surface area contributed by atoms with Crippen molar-refractivity contribution < 1.29 is 9.18 Å². The lowest BCUT2D eigenvalue weighted by atomic mass is 10.1. The summed E-state index contributed by atoms with van der Waals surface area (Å²) in [7, 11) is 0. The van der Waals surface area contributed by atoms with Gasteiger partial charge in [0.15, 0.2) is 0 Å². The molecule has 118 valence electrons. The first kappa shape index (κ1) is 16.1. The van der Waals surface area contributed by atoms with Crippen molar-refractivity contribution in [1.82, 2.24) is 0 Å². The molecule has 0 fully saturated rings. The number of nitrogens with zero attached hydrogens (tertiary/aromatic N) is 1. The van der Waals surface area contributed by atoms with Crippen LogP contribution in [0.4, 0.5) is 10.1 Å². The van der Waals surface area contributed by atoms with Gasteiger partial charge >= 0.3 is 0 Å². The van der Waals surface area contributed by atoms with Gasteiger partial charge in [0.05, 0.1) is 6.54 Å². The van der Waals surface area contributed by atoms with Crippen molar-refractivity contribution >= 4 is 39.5 Å².